The molecule has 0 aliphatic heterocycles. The molecule has 94 valence electrons. The molecule has 0 aliphatic carbocycles. The van der Waals surface area contributed by atoms with Crippen LogP contribution < -0.4 is 5.73 Å². The quantitative estimate of drug-likeness (QED) is 0.924. The smallest absolute Gasteiger partial charge is 0.137 e. The Morgan fingerprint density at radius 2 is 2.06 bits per heavy atom. The molecule has 0 bridgehead atoms. The van der Waals surface area contributed by atoms with Crippen molar-refractivity contribution < 1.29 is 8.78 Å². The van der Waals surface area contributed by atoms with Crippen LogP contribution in [-0.2, 0) is 6.42 Å². The second-order valence-corrected chi connectivity index (χ2v) is 4.71. The van der Waals surface area contributed by atoms with Crippen molar-refractivity contribution in [1.82, 2.24) is 4.98 Å². The van der Waals surface area contributed by atoms with E-state index in [0.29, 0.717) is 18.0 Å². The minimum Gasteiger partial charge on any atom is -0.330 e. The zero-order valence-corrected chi connectivity index (χ0v) is 10.4. The second kappa shape index (κ2) is 5.93. The lowest BCUT2D eigenvalue weighted by Crippen LogP contribution is -2.04. The van der Waals surface area contributed by atoms with E-state index in [1.807, 2.05) is 6.07 Å². The molecule has 18 heavy (non-hydrogen) atoms. The Kier molecular flexibility index (Phi) is 4.28. The molecule has 2 N–H and O–H groups in total. The van der Waals surface area contributed by atoms with Crippen LogP contribution in [0.3, 0.4) is 0 Å². The Labute approximate surface area is 108 Å². The molecular formula is C13H12F2N2S. The topological polar surface area (TPSA) is 38.9 Å². The molecular weight excluding hydrogens is 254 g/mol. The number of nitrogens with two attached hydrogens (primary N) is 1. The summed E-state index contributed by atoms with van der Waals surface area (Å²) in [6.07, 6.45) is 2.28. The van der Waals surface area contributed by atoms with Gasteiger partial charge in [-0.1, -0.05) is 17.8 Å². The Morgan fingerprint density at radius 3 is 2.83 bits per heavy atom. The number of benzene rings is 1. The van der Waals surface area contributed by atoms with Crippen LogP contribution in [-0.4, -0.2) is 11.5 Å². The van der Waals surface area contributed by atoms with Gasteiger partial charge >= 0.3 is 0 Å². The van der Waals surface area contributed by atoms with Crippen LogP contribution in [0.2, 0.25) is 0 Å². The van der Waals surface area contributed by atoms with Gasteiger partial charge in [-0.3, -0.25) is 0 Å². The van der Waals surface area contributed by atoms with Crippen LogP contribution in [0.1, 0.15) is 5.56 Å². The number of hydrogen-bond donors (Lipinski definition) is 1. The maximum Gasteiger partial charge on any atom is 0.137 e. The maximum atomic E-state index is 13.5. The highest BCUT2D eigenvalue weighted by atomic mass is 32.2. The van der Waals surface area contributed by atoms with E-state index in [1.54, 1.807) is 12.3 Å². The molecule has 0 fully saturated rings. The number of hydrogen-bond acceptors (Lipinski definition) is 3. The molecule has 0 aliphatic rings. The van der Waals surface area contributed by atoms with Gasteiger partial charge in [-0.05, 0) is 42.8 Å². The summed E-state index contributed by atoms with van der Waals surface area (Å²) in [5.41, 5.74) is 6.44. The van der Waals surface area contributed by atoms with E-state index in [0.717, 1.165) is 29.5 Å². The highest BCUT2D eigenvalue weighted by Crippen LogP contribution is 2.31. The van der Waals surface area contributed by atoms with Gasteiger partial charge in [-0.25, -0.2) is 13.8 Å². The molecule has 1 aromatic heterocycles. The van der Waals surface area contributed by atoms with E-state index in [2.05, 4.69) is 4.98 Å². The van der Waals surface area contributed by atoms with Crippen LogP contribution >= 0.6 is 11.8 Å². The molecule has 0 radical (unpaired) electrons. The molecule has 2 aromatic rings. The summed E-state index contributed by atoms with van der Waals surface area (Å²) < 4.78 is 26.6. The van der Waals surface area contributed by atoms with E-state index in [4.69, 9.17) is 5.73 Å². The van der Waals surface area contributed by atoms with Gasteiger partial charge in [-0.15, -0.1) is 0 Å². The van der Waals surface area contributed by atoms with Gasteiger partial charge in [-0.2, -0.15) is 0 Å². The molecule has 1 aromatic carbocycles. The van der Waals surface area contributed by atoms with Crippen LogP contribution in [0.25, 0.3) is 0 Å². The molecule has 5 heteroatoms. The van der Waals surface area contributed by atoms with Gasteiger partial charge in [0.1, 0.15) is 16.7 Å². The molecule has 2 rings (SSSR count). The molecule has 0 spiro atoms. The lowest BCUT2D eigenvalue weighted by atomic mass is 10.2. The van der Waals surface area contributed by atoms with E-state index >= 15 is 0 Å². The standard InChI is InChI=1S/C13H12F2N2S/c14-10-3-4-11(15)12(8-10)18-13-9(5-6-16)2-1-7-17-13/h1-4,7-8H,5-6,16H2. The predicted octanol–water partition coefficient (Wildman–Crippen LogP) is 3.01. The first-order valence-corrected chi connectivity index (χ1v) is 6.29. The molecule has 2 nitrogen and oxygen atoms in total. The second-order valence-electron chi connectivity index (χ2n) is 3.68. The Hall–Kier alpha value is -1.46. The average molecular weight is 266 g/mol. The summed E-state index contributed by atoms with van der Waals surface area (Å²) in [5.74, 6) is -0.916. The minimum absolute atomic E-state index is 0.229. The number of pyridine rings is 1. The van der Waals surface area contributed by atoms with Gasteiger partial charge in [0, 0.05) is 6.20 Å². The zero-order valence-electron chi connectivity index (χ0n) is 9.57. The van der Waals surface area contributed by atoms with Crippen molar-refractivity contribution in [3.8, 4) is 0 Å². The van der Waals surface area contributed by atoms with Gasteiger partial charge in [0.25, 0.3) is 0 Å². The first-order valence-electron chi connectivity index (χ1n) is 5.47. The van der Waals surface area contributed by atoms with Crippen molar-refractivity contribution in [2.45, 2.75) is 16.3 Å². The summed E-state index contributed by atoms with van der Waals surface area (Å²) in [6, 6.07) is 7.07. The molecule has 0 unspecified atom stereocenters. The lowest BCUT2D eigenvalue weighted by Gasteiger charge is -2.07. The van der Waals surface area contributed by atoms with Crippen molar-refractivity contribution in [3.63, 3.8) is 0 Å². The Bertz CT molecular complexity index is 546. The molecule has 0 amide bonds. The van der Waals surface area contributed by atoms with Crippen molar-refractivity contribution in [3.05, 3.63) is 53.7 Å². The Morgan fingerprint density at radius 1 is 1.22 bits per heavy atom. The van der Waals surface area contributed by atoms with Crippen molar-refractivity contribution in [2.24, 2.45) is 5.73 Å². The van der Waals surface area contributed by atoms with Crippen molar-refractivity contribution in [2.75, 3.05) is 6.54 Å². The van der Waals surface area contributed by atoms with Gasteiger partial charge in [0.05, 0.1) is 4.90 Å². The monoisotopic (exact) mass is 266 g/mol. The molecule has 0 atom stereocenters. The molecule has 1 heterocycles. The molecule has 0 saturated heterocycles. The van der Waals surface area contributed by atoms with Crippen molar-refractivity contribution in [1.29, 1.82) is 0 Å². The highest BCUT2D eigenvalue weighted by Gasteiger charge is 2.09. The van der Waals surface area contributed by atoms with Gasteiger partial charge in [0.2, 0.25) is 0 Å². The third-order valence-electron chi connectivity index (χ3n) is 2.36. The number of nitrogens with zero attached hydrogens (tertiary/aromatic N) is 1. The number of aromatic nitrogens is 1. The largest absolute Gasteiger partial charge is 0.330 e. The third-order valence-corrected chi connectivity index (χ3v) is 3.46. The summed E-state index contributed by atoms with van der Waals surface area (Å²) >= 11 is 1.11. The normalized spacial score (nSPS) is 10.6. The van der Waals surface area contributed by atoms with Crippen LogP contribution in [0.15, 0.2) is 46.5 Å². The summed E-state index contributed by atoms with van der Waals surface area (Å²) in [5, 5.41) is 0.660. The number of halogens is 2. The summed E-state index contributed by atoms with van der Waals surface area (Å²) in [6.45, 7) is 0.491. The first kappa shape index (κ1) is 13.0. The SMILES string of the molecule is NCCc1cccnc1Sc1cc(F)ccc1F. The first-order chi connectivity index (χ1) is 8.70. The van der Waals surface area contributed by atoms with E-state index in [1.165, 1.54) is 6.07 Å². The zero-order chi connectivity index (χ0) is 13.0. The minimum atomic E-state index is -0.463. The predicted molar refractivity (Wildman–Crippen MR) is 67.5 cm³/mol. The maximum absolute atomic E-state index is 13.5. The highest BCUT2D eigenvalue weighted by molar-refractivity contribution is 7.99. The average Bonchev–Trinajstić information content (AvgIpc) is 2.36. The van der Waals surface area contributed by atoms with Gasteiger partial charge in [0.15, 0.2) is 0 Å². The van der Waals surface area contributed by atoms with E-state index < -0.39 is 11.6 Å². The van der Waals surface area contributed by atoms with Crippen LogP contribution in [0.5, 0.6) is 0 Å². The fourth-order valence-electron chi connectivity index (χ4n) is 1.52. The summed E-state index contributed by atoms with van der Waals surface area (Å²) in [4.78, 5) is 4.41. The lowest BCUT2D eigenvalue weighted by molar-refractivity contribution is 0.577. The summed E-state index contributed by atoms with van der Waals surface area (Å²) in [7, 11) is 0. The van der Waals surface area contributed by atoms with Gasteiger partial charge < -0.3 is 5.73 Å². The fraction of sp³-hybridized carbons (Fsp3) is 0.154. The number of rotatable bonds is 4. The van der Waals surface area contributed by atoms with Crippen molar-refractivity contribution >= 4 is 11.8 Å². The van der Waals surface area contributed by atoms with E-state index in [-0.39, 0.29) is 4.90 Å². The van der Waals surface area contributed by atoms with Crippen LogP contribution in [0.4, 0.5) is 8.78 Å². The third kappa shape index (κ3) is 3.05. The fourth-order valence-corrected chi connectivity index (χ4v) is 2.48. The molecule has 0 saturated carbocycles. The Balaban J connectivity index is 2.30. The van der Waals surface area contributed by atoms with Crippen LogP contribution in [0, 0.1) is 11.6 Å². The van der Waals surface area contributed by atoms with E-state index in [9.17, 15) is 8.78 Å².